The summed E-state index contributed by atoms with van der Waals surface area (Å²) in [7, 11) is 1.41. The highest BCUT2D eigenvalue weighted by atomic mass is 16.7. The van der Waals surface area contributed by atoms with Crippen LogP contribution in [0.25, 0.3) is 0 Å². The second-order valence-electron chi connectivity index (χ2n) is 8.40. The Labute approximate surface area is 200 Å². The fourth-order valence-electron chi connectivity index (χ4n) is 4.09. The Kier molecular flexibility index (Phi) is 8.00. The largest absolute Gasteiger partial charge is 0.496 e. The minimum Gasteiger partial charge on any atom is -0.496 e. The van der Waals surface area contributed by atoms with E-state index >= 15 is 0 Å². The summed E-state index contributed by atoms with van der Waals surface area (Å²) in [6.07, 6.45) is -7.23. The van der Waals surface area contributed by atoms with Gasteiger partial charge in [-0.1, -0.05) is 11.6 Å². The normalized spacial score (nSPS) is 26.2. The van der Waals surface area contributed by atoms with Gasteiger partial charge in [-0.3, -0.25) is 4.79 Å². The Morgan fingerprint density at radius 3 is 2.37 bits per heavy atom. The van der Waals surface area contributed by atoms with Gasteiger partial charge in [0.2, 0.25) is 6.29 Å². The molecule has 2 aliphatic rings. The Bertz CT molecular complexity index is 1050. The van der Waals surface area contributed by atoms with E-state index in [1.165, 1.54) is 7.11 Å². The van der Waals surface area contributed by atoms with Crippen molar-refractivity contribution in [3.63, 3.8) is 0 Å². The minimum absolute atomic E-state index is 0.0400. The topological polar surface area (TPSA) is 189 Å². The summed E-state index contributed by atoms with van der Waals surface area (Å²) in [4.78, 5) is 35.0. The highest BCUT2D eigenvalue weighted by Gasteiger charge is 2.49. The lowest BCUT2D eigenvalue weighted by Crippen LogP contribution is -2.61. The number of carbonyl (C=O) groups is 3. The maximum Gasteiger partial charge on any atom is 0.342 e. The Balaban J connectivity index is 2.07. The number of aliphatic hydroxyl groups excluding tert-OH is 3. The van der Waals surface area contributed by atoms with Crippen LogP contribution < -0.4 is 9.47 Å². The van der Waals surface area contributed by atoms with Crippen molar-refractivity contribution >= 4 is 17.9 Å². The highest BCUT2D eigenvalue weighted by Crippen LogP contribution is 2.44. The number of rotatable bonds is 9. The average Bonchev–Trinajstić information content (AvgIpc) is 3.19. The number of aliphatic carboxylic acids is 2. The molecular weight excluding hydrogens is 468 g/mol. The molecule has 0 unspecified atom stereocenters. The third-order valence-electron chi connectivity index (χ3n) is 6.06. The zero-order valence-electron chi connectivity index (χ0n) is 19.4. The van der Waals surface area contributed by atoms with Gasteiger partial charge in [0, 0.05) is 17.5 Å². The van der Waals surface area contributed by atoms with Crippen molar-refractivity contribution in [2.45, 2.75) is 70.4 Å². The molecule has 1 saturated heterocycles. The number of cyclic esters (lactones) is 1. The lowest BCUT2D eigenvalue weighted by molar-refractivity contribution is -0.271. The quantitative estimate of drug-likeness (QED) is 0.233. The van der Waals surface area contributed by atoms with Crippen molar-refractivity contribution < 1.29 is 58.9 Å². The molecule has 0 amide bonds. The van der Waals surface area contributed by atoms with E-state index in [1.807, 2.05) is 0 Å². The van der Waals surface area contributed by atoms with Crippen LogP contribution in [-0.2, 0) is 32.1 Å². The number of esters is 1. The number of hydrogen-bond acceptors (Lipinski definition) is 10. The van der Waals surface area contributed by atoms with Gasteiger partial charge >= 0.3 is 17.9 Å². The molecular formula is C23H28O12. The predicted octanol–water partition coefficient (Wildman–Crippen LogP) is 0.299. The van der Waals surface area contributed by atoms with Crippen LogP contribution in [0.15, 0.2) is 11.6 Å². The van der Waals surface area contributed by atoms with E-state index in [4.69, 9.17) is 24.1 Å². The SMILES string of the molecule is COc1c(C)c2c(c(O[C@H]3O[C@H](C(=O)O)[C@@H](O)[C@H](O)[C@H]3O)c1C/C=C(\C)CCC(=O)O)C(=O)OC2. The van der Waals surface area contributed by atoms with Crippen LogP contribution in [-0.4, -0.2) is 81.3 Å². The Morgan fingerprint density at radius 1 is 1.09 bits per heavy atom. The number of benzene rings is 1. The van der Waals surface area contributed by atoms with Gasteiger partial charge in [-0.2, -0.15) is 0 Å². The molecule has 2 heterocycles. The van der Waals surface area contributed by atoms with Crippen LogP contribution in [0.1, 0.15) is 46.8 Å². The molecule has 0 aromatic heterocycles. The number of ether oxygens (including phenoxy) is 4. The molecule has 192 valence electrons. The third-order valence-corrected chi connectivity index (χ3v) is 6.06. The molecule has 1 aromatic carbocycles. The van der Waals surface area contributed by atoms with E-state index in [2.05, 4.69) is 0 Å². The number of aliphatic hydroxyl groups is 3. The Hall–Kier alpha value is -3.19. The molecule has 1 aromatic rings. The molecule has 35 heavy (non-hydrogen) atoms. The molecule has 5 atom stereocenters. The number of carboxylic acids is 2. The van der Waals surface area contributed by atoms with Crippen LogP contribution in [0.4, 0.5) is 0 Å². The lowest BCUT2D eigenvalue weighted by Gasteiger charge is -2.39. The summed E-state index contributed by atoms with van der Waals surface area (Å²) in [5.74, 6) is -2.99. The molecule has 3 rings (SSSR count). The molecule has 12 heteroatoms. The van der Waals surface area contributed by atoms with Gasteiger partial charge in [0.1, 0.15) is 42.0 Å². The zero-order chi connectivity index (χ0) is 26.0. The first-order valence-corrected chi connectivity index (χ1v) is 10.8. The van der Waals surface area contributed by atoms with Crippen molar-refractivity contribution in [1.82, 2.24) is 0 Å². The van der Waals surface area contributed by atoms with Gasteiger partial charge in [-0.25, -0.2) is 9.59 Å². The van der Waals surface area contributed by atoms with Crippen LogP contribution >= 0.6 is 0 Å². The van der Waals surface area contributed by atoms with Gasteiger partial charge in [0.05, 0.1) is 7.11 Å². The van der Waals surface area contributed by atoms with Crippen molar-refractivity contribution in [3.05, 3.63) is 33.9 Å². The second-order valence-corrected chi connectivity index (χ2v) is 8.40. The number of carboxylic acid groups (broad SMARTS) is 2. The third kappa shape index (κ3) is 5.25. The molecule has 0 saturated carbocycles. The monoisotopic (exact) mass is 496 g/mol. The van der Waals surface area contributed by atoms with Gasteiger partial charge in [0.15, 0.2) is 6.10 Å². The summed E-state index contributed by atoms with van der Waals surface area (Å²) in [5.41, 5.74) is 2.22. The molecule has 0 bridgehead atoms. The molecule has 0 spiro atoms. The number of allylic oxidation sites excluding steroid dienone is 2. The summed E-state index contributed by atoms with van der Waals surface area (Å²) in [6, 6.07) is 0. The van der Waals surface area contributed by atoms with E-state index in [1.54, 1.807) is 19.9 Å². The van der Waals surface area contributed by atoms with E-state index in [0.717, 1.165) is 5.57 Å². The van der Waals surface area contributed by atoms with E-state index in [-0.39, 0.29) is 37.2 Å². The Morgan fingerprint density at radius 2 is 1.77 bits per heavy atom. The molecule has 0 radical (unpaired) electrons. The van der Waals surface area contributed by atoms with Crippen molar-refractivity contribution in [1.29, 1.82) is 0 Å². The molecule has 1 fully saturated rings. The van der Waals surface area contributed by atoms with Gasteiger partial charge < -0.3 is 44.5 Å². The number of carbonyl (C=O) groups excluding carboxylic acids is 1. The van der Waals surface area contributed by atoms with Crippen LogP contribution in [0, 0.1) is 6.92 Å². The van der Waals surface area contributed by atoms with Crippen molar-refractivity contribution in [3.8, 4) is 11.5 Å². The molecule has 12 nitrogen and oxygen atoms in total. The van der Waals surface area contributed by atoms with Crippen LogP contribution in [0.3, 0.4) is 0 Å². The van der Waals surface area contributed by atoms with Gasteiger partial charge in [0.25, 0.3) is 0 Å². The number of methoxy groups -OCH3 is 1. The number of fused-ring (bicyclic) bond motifs is 1. The van der Waals surface area contributed by atoms with Crippen LogP contribution in [0.5, 0.6) is 11.5 Å². The zero-order valence-corrected chi connectivity index (χ0v) is 19.4. The first-order valence-electron chi connectivity index (χ1n) is 10.8. The second kappa shape index (κ2) is 10.6. The fourth-order valence-corrected chi connectivity index (χ4v) is 4.09. The van der Waals surface area contributed by atoms with Crippen molar-refractivity contribution in [2.75, 3.05) is 7.11 Å². The fraction of sp³-hybridized carbons (Fsp3) is 0.522. The highest BCUT2D eigenvalue weighted by molar-refractivity contribution is 5.98. The van der Waals surface area contributed by atoms with Gasteiger partial charge in [-0.05, 0) is 32.3 Å². The summed E-state index contributed by atoms with van der Waals surface area (Å²) in [5, 5.41) is 48.8. The van der Waals surface area contributed by atoms with E-state index in [0.29, 0.717) is 22.4 Å². The molecule has 0 aliphatic carbocycles. The first kappa shape index (κ1) is 26.4. The molecule has 5 N–H and O–H groups in total. The summed E-state index contributed by atoms with van der Waals surface area (Å²) >= 11 is 0. The summed E-state index contributed by atoms with van der Waals surface area (Å²) in [6.45, 7) is 3.40. The molecule has 2 aliphatic heterocycles. The average molecular weight is 496 g/mol. The standard InChI is InChI=1S/C23H28O12/c1-9(5-7-13(24)25)4-6-11-18(32-3)10(2)12-8-33-22(31)14(12)19(11)34-23-17(28)15(26)16(27)20(35-23)21(29)30/h4,15-17,20,23,26-28H,5-8H2,1-3H3,(H,24,25)(H,29,30)/b9-4+/t15-,16-,17+,20-,23-/m0/s1. The van der Waals surface area contributed by atoms with Crippen LogP contribution in [0.2, 0.25) is 0 Å². The predicted molar refractivity (Wildman–Crippen MR) is 116 cm³/mol. The summed E-state index contributed by atoms with van der Waals surface area (Å²) < 4.78 is 21.8. The maximum atomic E-state index is 12.6. The lowest BCUT2D eigenvalue weighted by atomic mass is 9.94. The van der Waals surface area contributed by atoms with E-state index < -0.39 is 48.6 Å². The van der Waals surface area contributed by atoms with Crippen molar-refractivity contribution in [2.24, 2.45) is 0 Å². The first-order chi connectivity index (χ1) is 16.5. The maximum absolute atomic E-state index is 12.6. The van der Waals surface area contributed by atoms with E-state index in [9.17, 15) is 34.8 Å². The smallest absolute Gasteiger partial charge is 0.342 e. The van der Waals surface area contributed by atoms with Gasteiger partial charge in [-0.15, -0.1) is 0 Å². The minimum atomic E-state index is -1.91. The number of hydrogen-bond donors (Lipinski definition) is 5.